The van der Waals surface area contributed by atoms with Crippen molar-refractivity contribution in [2.45, 2.75) is 87.0 Å². The summed E-state index contributed by atoms with van der Waals surface area (Å²) < 4.78 is 5.97. The van der Waals surface area contributed by atoms with Crippen molar-refractivity contribution >= 4 is 40.1 Å². The van der Waals surface area contributed by atoms with E-state index in [0.717, 1.165) is 47.7 Å². The minimum Gasteiger partial charge on any atom is -0.468 e. The summed E-state index contributed by atoms with van der Waals surface area (Å²) >= 11 is 2.19. The minimum atomic E-state index is -0.667. The monoisotopic (exact) mass is 604 g/mol. The summed E-state index contributed by atoms with van der Waals surface area (Å²) in [7, 11) is 1.46. The predicted octanol–water partition coefficient (Wildman–Crippen LogP) is 7.17. The third-order valence-electron chi connectivity index (χ3n) is 11.9. The summed E-state index contributed by atoms with van der Waals surface area (Å²) in [5.41, 5.74) is 0.394. The van der Waals surface area contributed by atoms with E-state index in [1.54, 1.807) is 0 Å². The Kier molecular flexibility index (Phi) is 5.61. The fourth-order valence-electron chi connectivity index (χ4n) is 9.43. The third-order valence-corrected chi connectivity index (χ3v) is 12.7. The standard InChI is InChI=1S/C31H41IO4/c1-26(2)22-9-10-31(7)23(29(22,5)17-20(32)24(26)34)21(33)15-18-19-16-28(4,25(35)36-8)12-11-27(19,3)13-14-30(18,31)6/h15-17,22-23H,9-14H2,1-8H3/t22-,23+,27+,28-,29-,30+,31+/m0/s1. The van der Waals surface area contributed by atoms with Crippen molar-refractivity contribution in [3.63, 3.8) is 0 Å². The number of allylic oxidation sites excluding steroid dienone is 5. The molecule has 5 aliphatic rings. The van der Waals surface area contributed by atoms with Gasteiger partial charge in [-0.1, -0.05) is 53.7 Å². The summed E-state index contributed by atoms with van der Waals surface area (Å²) in [5.74, 6) is 0.177. The van der Waals surface area contributed by atoms with E-state index in [1.807, 2.05) is 13.0 Å². The lowest BCUT2D eigenvalue weighted by molar-refractivity contribution is -0.164. The normalized spacial score (nSPS) is 47.3. The minimum absolute atomic E-state index is 0.0298. The van der Waals surface area contributed by atoms with Gasteiger partial charge in [0, 0.05) is 16.7 Å². The Morgan fingerprint density at radius 3 is 2.19 bits per heavy atom. The van der Waals surface area contributed by atoms with Gasteiger partial charge in [0.25, 0.3) is 0 Å². The van der Waals surface area contributed by atoms with Gasteiger partial charge >= 0.3 is 5.97 Å². The average Bonchev–Trinajstić information content (AvgIpc) is 2.79. The van der Waals surface area contributed by atoms with E-state index in [9.17, 15) is 14.4 Å². The molecule has 5 rings (SSSR count). The summed E-state index contributed by atoms with van der Waals surface area (Å²) in [6.45, 7) is 15.4. The fraction of sp³-hybridized carbons (Fsp3) is 0.710. The zero-order chi connectivity index (χ0) is 26.7. The number of hydrogen-bond acceptors (Lipinski definition) is 4. The zero-order valence-corrected chi connectivity index (χ0v) is 25.3. The van der Waals surface area contributed by atoms with E-state index in [2.05, 4.69) is 76.3 Å². The van der Waals surface area contributed by atoms with Crippen molar-refractivity contribution in [1.82, 2.24) is 0 Å². The maximum atomic E-state index is 14.3. The average molecular weight is 605 g/mol. The maximum Gasteiger partial charge on any atom is 0.315 e. The quantitative estimate of drug-likeness (QED) is 0.235. The second kappa shape index (κ2) is 7.66. The van der Waals surface area contributed by atoms with E-state index in [1.165, 1.54) is 12.7 Å². The second-order valence-corrected chi connectivity index (χ2v) is 15.3. The molecule has 0 aromatic rings. The molecule has 0 bridgehead atoms. The molecule has 7 atom stereocenters. The molecule has 0 heterocycles. The van der Waals surface area contributed by atoms with E-state index >= 15 is 0 Å². The SMILES string of the molecule is COC(=O)[C@]1(C)C=C2C3=CC(=O)[C@@H]4[C@@]5(C)C=C(I)C(=O)C(C)(C)[C@@H]5CC[C@@]4(C)[C@]3(C)CC[C@@]2(C)CC1. The van der Waals surface area contributed by atoms with Gasteiger partial charge in [0.1, 0.15) is 0 Å². The topological polar surface area (TPSA) is 60.4 Å². The molecule has 0 radical (unpaired) electrons. The highest BCUT2D eigenvalue weighted by Gasteiger charge is 2.69. The number of carbonyl (C=O) groups excluding carboxylic acids is 3. The lowest BCUT2D eigenvalue weighted by atomic mass is 9.35. The summed E-state index contributed by atoms with van der Waals surface area (Å²) in [5, 5.41) is 0. The van der Waals surface area contributed by atoms with Crippen LogP contribution in [0.2, 0.25) is 0 Å². The number of fused-ring (bicyclic) bond motifs is 7. The van der Waals surface area contributed by atoms with E-state index in [0.29, 0.717) is 0 Å². The number of rotatable bonds is 1. The van der Waals surface area contributed by atoms with Crippen LogP contribution in [0.15, 0.2) is 33.0 Å². The number of methoxy groups -OCH3 is 1. The van der Waals surface area contributed by atoms with E-state index in [4.69, 9.17) is 4.74 Å². The molecule has 0 unspecified atom stereocenters. The van der Waals surface area contributed by atoms with Gasteiger partial charge in [-0.05, 0) is 107 Å². The van der Waals surface area contributed by atoms with Gasteiger partial charge in [0.15, 0.2) is 11.6 Å². The molecule has 36 heavy (non-hydrogen) atoms. The van der Waals surface area contributed by atoms with Gasteiger partial charge in [-0.2, -0.15) is 0 Å². The van der Waals surface area contributed by atoms with Crippen LogP contribution in [-0.4, -0.2) is 24.6 Å². The molecular weight excluding hydrogens is 563 g/mol. The molecular formula is C31H41IO4. The molecule has 0 saturated heterocycles. The molecule has 0 aromatic carbocycles. The molecule has 2 fully saturated rings. The second-order valence-electron chi connectivity index (χ2n) is 14.2. The van der Waals surface area contributed by atoms with Crippen LogP contribution in [0.4, 0.5) is 0 Å². The van der Waals surface area contributed by atoms with Crippen LogP contribution in [0.5, 0.6) is 0 Å². The molecule has 196 valence electrons. The van der Waals surface area contributed by atoms with Crippen LogP contribution in [0.3, 0.4) is 0 Å². The van der Waals surface area contributed by atoms with Crippen LogP contribution in [0.1, 0.15) is 87.0 Å². The van der Waals surface area contributed by atoms with Gasteiger partial charge < -0.3 is 4.74 Å². The molecule has 2 saturated carbocycles. The Morgan fingerprint density at radius 1 is 0.917 bits per heavy atom. The molecule has 0 N–H and O–H groups in total. The largest absolute Gasteiger partial charge is 0.468 e. The Balaban J connectivity index is 1.71. The molecule has 0 aromatic heterocycles. The first-order valence-electron chi connectivity index (χ1n) is 13.5. The smallest absolute Gasteiger partial charge is 0.315 e. The fourth-order valence-corrected chi connectivity index (χ4v) is 10.8. The van der Waals surface area contributed by atoms with Crippen molar-refractivity contribution in [1.29, 1.82) is 0 Å². The van der Waals surface area contributed by atoms with Crippen LogP contribution >= 0.6 is 22.6 Å². The van der Waals surface area contributed by atoms with E-state index < -0.39 is 10.8 Å². The molecule has 0 amide bonds. The lowest BCUT2D eigenvalue weighted by Crippen LogP contribution is -2.64. The van der Waals surface area contributed by atoms with Crippen LogP contribution in [0.25, 0.3) is 0 Å². The van der Waals surface area contributed by atoms with Crippen molar-refractivity contribution < 1.29 is 19.1 Å². The first-order chi connectivity index (χ1) is 16.5. The number of halogens is 1. The Hall–Kier alpha value is -1.24. The van der Waals surface area contributed by atoms with Crippen LogP contribution < -0.4 is 0 Å². The highest BCUT2D eigenvalue weighted by atomic mass is 127. The van der Waals surface area contributed by atoms with E-state index in [-0.39, 0.29) is 51.0 Å². The highest BCUT2D eigenvalue weighted by Crippen LogP contribution is 2.73. The number of carbonyl (C=O) groups is 3. The Bertz CT molecular complexity index is 1170. The van der Waals surface area contributed by atoms with Crippen molar-refractivity contribution in [2.24, 2.45) is 44.3 Å². The molecule has 0 aliphatic heterocycles. The summed E-state index contributed by atoms with van der Waals surface area (Å²) in [6, 6.07) is 0. The molecule has 4 nitrogen and oxygen atoms in total. The molecule has 5 aliphatic carbocycles. The number of esters is 1. The van der Waals surface area contributed by atoms with Gasteiger partial charge in [-0.15, -0.1) is 0 Å². The number of Topliss-reactive ketones (excluding diaryl/α,β-unsaturated/α-hetero) is 1. The Morgan fingerprint density at radius 2 is 1.56 bits per heavy atom. The van der Waals surface area contributed by atoms with Crippen LogP contribution in [0, 0.1) is 44.3 Å². The highest BCUT2D eigenvalue weighted by molar-refractivity contribution is 14.1. The predicted molar refractivity (Wildman–Crippen MR) is 149 cm³/mol. The molecule has 0 spiro atoms. The lowest BCUT2D eigenvalue weighted by Gasteiger charge is -2.68. The zero-order valence-electron chi connectivity index (χ0n) is 23.1. The van der Waals surface area contributed by atoms with Gasteiger partial charge in [-0.3, -0.25) is 14.4 Å². The number of ketones is 2. The summed E-state index contributed by atoms with van der Waals surface area (Å²) in [4.78, 5) is 40.3. The van der Waals surface area contributed by atoms with Gasteiger partial charge in [-0.25, -0.2) is 0 Å². The third kappa shape index (κ3) is 3.07. The maximum absolute atomic E-state index is 14.3. The van der Waals surface area contributed by atoms with Gasteiger partial charge in [0.05, 0.1) is 16.1 Å². The van der Waals surface area contributed by atoms with Gasteiger partial charge in [0.2, 0.25) is 0 Å². The number of hydrogen-bond donors (Lipinski definition) is 0. The van der Waals surface area contributed by atoms with Crippen molar-refractivity contribution in [2.75, 3.05) is 7.11 Å². The van der Waals surface area contributed by atoms with Crippen LogP contribution in [-0.2, 0) is 19.1 Å². The first-order valence-corrected chi connectivity index (χ1v) is 14.6. The van der Waals surface area contributed by atoms with Crippen molar-refractivity contribution in [3.8, 4) is 0 Å². The summed E-state index contributed by atoms with van der Waals surface area (Å²) in [6.07, 6.45) is 11.9. The number of ether oxygens (including phenoxy) is 1. The first kappa shape index (κ1) is 26.4. The molecule has 5 heteroatoms. The Labute approximate surface area is 229 Å². The van der Waals surface area contributed by atoms with Crippen molar-refractivity contribution in [3.05, 3.63) is 33.0 Å².